The molecular weight excluding hydrogens is 304 g/mol. The number of para-hydroxylation sites is 1. The summed E-state index contributed by atoms with van der Waals surface area (Å²) in [4.78, 5) is 16.4. The first-order chi connectivity index (χ1) is 11.4. The molecule has 1 rings (SSSR count). The molecule has 0 unspecified atom stereocenters. The van der Waals surface area contributed by atoms with Crippen LogP contribution in [0, 0.1) is 5.41 Å². The van der Waals surface area contributed by atoms with Gasteiger partial charge in [0.05, 0.1) is 19.1 Å². The molecule has 0 fully saturated rings. The van der Waals surface area contributed by atoms with E-state index in [-0.39, 0.29) is 5.91 Å². The SMILES string of the molecule is CCNC(=NCC(C)(C)C(=O)NC)NCCc1ccccc1OC. The number of amides is 1. The zero-order valence-corrected chi connectivity index (χ0v) is 15.4. The van der Waals surface area contributed by atoms with Crippen molar-refractivity contribution in [3.05, 3.63) is 29.8 Å². The van der Waals surface area contributed by atoms with E-state index in [0.29, 0.717) is 12.5 Å². The minimum absolute atomic E-state index is 0.0175. The number of benzene rings is 1. The molecule has 0 saturated heterocycles. The van der Waals surface area contributed by atoms with Crippen LogP contribution in [0.15, 0.2) is 29.3 Å². The zero-order chi connectivity index (χ0) is 18.0. The molecule has 0 heterocycles. The molecule has 1 aromatic carbocycles. The first-order valence-electron chi connectivity index (χ1n) is 8.31. The third-order valence-electron chi connectivity index (χ3n) is 3.70. The second-order valence-electron chi connectivity index (χ2n) is 6.15. The Hall–Kier alpha value is -2.24. The third-order valence-corrected chi connectivity index (χ3v) is 3.70. The van der Waals surface area contributed by atoms with Crippen LogP contribution in [0.5, 0.6) is 5.75 Å². The van der Waals surface area contributed by atoms with E-state index < -0.39 is 5.41 Å². The first-order valence-corrected chi connectivity index (χ1v) is 8.31. The normalized spacial score (nSPS) is 11.8. The van der Waals surface area contributed by atoms with Crippen LogP contribution in [0.3, 0.4) is 0 Å². The lowest BCUT2D eigenvalue weighted by atomic mass is 9.93. The molecule has 1 amide bonds. The highest BCUT2D eigenvalue weighted by molar-refractivity contribution is 5.83. The lowest BCUT2D eigenvalue weighted by molar-refractivity contribution is -0.128. The van der Waals surface area contributed by atoms with Crippen molar-refractivity contribution in [2.75, 3.05) is 33.8 Å². The van der Waals surface area contributed by atoms with Crippen molar-refractivity contribution in [1.82, 2.24) is 16.0 Å². The summed E-state index contributed by atoms with van der Waals surface area (Å²) >= 11 is 0. The second-order valence-corrected chi connectivity index (χ2v) is 6.15. The van der Waals surface area contributed by atoms with Gasteiger partial charge in [-0.25, -0.2) is 0 Å². The number of hydrogen-bond donors (Lipinski definition) is 3. The van der Waals surface area contributed by atoms with E-state index in [0.717, 1.165) is 30.8 Å². The summed E-state index contributed by atoms with van der Waals surface area (Å²) in [7, 11) is 3.32. The summed E-state index contributed by atoms with van der Waals surface area (Å²) in [5.41, 5.74) is 0.605. The van der Waals surface area contributed by atoms with Gasteiger partial charge in [0, 0.05) is 20.1 Å². The highest BCUT2D eigenvalue weighted by Crippen LogP contribution is 2.17. The lowest BCUT2D eigenvalue weighted by Crippen LogP contribution is -2.41. The largest absolute Gasteiger partial charge is 0.496 e. The molecule has 0 aliphatic heterocycles. The van der Waals surface area contributed by atoms with Crippen LogP contribution >= 0.6 is 0 Å². The quantitative estimate of drug-likeness (QED) is 0.498. The fourth-order valence-electron chi connectivity index (χ4n) is 2.25. The van der Waals surface area contributed by atoms with Crippen LogP contribution in [0.2, 0.25) is 0 Å². The molecule has 134 valence electrons. The van der Waals surface area contributed by atoms with E-state index in [1.807, 2.05) is 39.0 Å². The van der Waals surface area contributed by atoms with Crippen LogP contribution in [-0.4, -0.2) is 45.7 Å². The first kappa shape index (κ1) is 19.8. The standard InChI is InChI=1S/C18H30N4O2/c1-6-20-17(22-13-18(2,3)16(23)19-4)21-12-11-14-9-7-8-10-15(14)24-5/h7-10H,6,11-13H2,1-5H3,(H,19,23)(H2,20,21,22). The molecule has 0 spiro atoms. The summed E-state index contributed by atoms with van der Waals surface area (Å²) < 4.78 is 5.36. The molecule has 0 bridgehead atoms. The van der Waals surface area contributed by atoms with Gasteiger partial charge in [0.15, 0.2) is 5.96 Å². The smallest absolute Gasteiger partial charge is 0.227 e. The predicted octanol–water partition coefficient (Wildman–Crippen LogP) is 1.57. The highest BCUT2D eigenvalue weighted by atomic mass is 16.5. The molecule has 3 N–H and O–H groups in total. The van der Waals surface area contributed by atoms with E-state index in [2.05, 4.69) is 27.0 Å². The number of guanidine groups is 1. The van der Waals surface area contributed by atoms with Gasteiger partial charge in [-0.2, -0.15) is 0 Å². The Morgan fingerprint density at radius 1 is 1.25 bits per heavy atom. The topological polar surface area (TPSA) is 74.8 Å². The molecule has 0 aliphatic rings. The lowest BCUT2D eigenvalue weighted by Gasteiger charge is -2.21. The molecule has 6 heteroatoms. The van der Waals surface area contributed by atoms with Crippen LogP contribution in [-0.2, 0) is 11.2 Å². The van der Waals surface area contributed by atoms with Crippen molar-refractivity contribution < 1.29 is 9.53 Å². The van der Waals surface area contributed by atoms with E-state index in [1.54, 1.807) is 14.2 Å². The Morgan fingerprint density at radius 3 is 2.58 bits per heavy atom. The molecule has 0 aromatic heterocycles. The molecule has 1 aromatic rings. The van der Waals surface area contributed by atoms with Crippen LogP contribution < -0.4 is 20.7 Å². The van der Waals surface area contributed by atoms with Crippen molar-refractivity contribution in [2.45, 2.75) is 27.2 Å². The van der Waals surface area contributed by atoms with Crippen molar-refractivity contribution in [3.63, 3.8) is 0 Å². The van der Waals surface area contributed by atoms with Gasteiger partial charge in [0.2, 0.25) is 5.91 Å². The number of nitrogens with one attached hydrogen (secondary N) is 3. The summed E-state index contributed by atoms with van der Waals surface area (Å²) in [6, 6.07) is 7.98. The van der Waals surface area contributed by atoms with Crippen molar-refractivity contribution in [2.24, 2.45) is 10.4 Å². The number of rotatable bonds is 8. The third kappa shape index (κ3) is 6.10. The highest BCUT2D eigenvalue weighted by Gasteiger charge is 2.26. The Bertz CT molecular complexity index is 556. The number of ether oxygens (including phenoxy) is 1. The average molecular weight is 334 g/mol. The Balaban J connectivity index is 2.63. The van der Waals surface area contributed by atoms with Crippen molar-refractivity contribution >= 4 is 11.9 Å². The van der Waals surface area contributed by atoms with Crippen molar-refractivity contribution in [3.8, 4) is 5.75 Å². The molecule has 0 radical (unpaired) electrons. The van der Waals surface area contributed by atoms with Gasteiger partial charge in [-0.05, 0) is 38.8 Å². The summed E-state index contributed by atoms with van der Waals surface area (Å²) in [6.45, 7) is 7.69. The van der Waals surface area contributed by atoms with E-state index in [9.17, 15) is 4.79 Å². The summed E-state index contributed by atoms with van der Waals surface area (Å²) in [5, 5.41) is 9.18. The number of hydrogen-bond acceptors (Lipinski definition) is 3. The Labute approximate surface area is 145 Å². The number of carbonyl (C=O) groups excluding carboxylic acids is 1. The summed E-state index contributed by atoms with van der Waals surface area (Å²) in [6.07, 6.45) is 0.827. The maximum absolute atomic E-state index is 11.8. The van der Waals surface area contributed by atoms with E-state index in [1.165, 1.54) is 0 Å². The maximum atomic E-state index is 11.8. The maximum Gasteiger partial charge on any atom is 0.227 e. The predicted molar refractivity (Wildman–Crippen MR) is 98.5 cm³/mol. The van der Waals surface area contributed by atoms with E-state index in [4.69, 9.17) is 4.74 Å². The van der Waals surface area contributed by atoms with Crippen molar-refractivity contribution in [1.29, 1.82) is 0 Å². The molecule has 0 aliphatic carbocycles. The van der Waals surface area contributed by atoms with Gasteiger partial charge < -0.3 is 20.7 Å². The zero-order valence-electron chi connectivity index (χ0n) is 15.4. The number of carbonyl (C=O) groups is 1. The Morgan fingerprint density at radius 2 is 1.96 bits per heavy atom. The number of methoxy groups -OCH3 is 1. The Kier molecular flexibility index (Phi) is 8.09. The second kappa shape index (κ2) is 9.80. The minimum atomic E-state index is -0.542. The molecule has 6 nitrogen and oxygen atoms in total. The molecule has 0 atom stereocenters. The van der Waals surface area contributed by atoms with Crippen LogP contribution in [0.1, 0.15) is 26.3 Å². The number of aliphatic imine (C=N–C) groups is 1. The molecule has 24 heavy (non-hydrogen) atoms. The van der Waals surface area contributed by atoms with Gasteiger partial charge in [-0.1, -0.05) is 18.2 Å². The summed E-state index contributed by atoms with van der Waals surface area (Å²) in [5.74, 6) is 1.59. The number of nitrogens with zero attached hydrogens (tertiary/aromatic N) is 1. The minimum Gasteiger partial charge on any atom is -0.496 e. The fourth-order valence-corrected chi connectivity index (χ4v) is 2.25. The van der Waals surface area contributed by atoms with Gasteiger partial charge >= 0.3 is 0 Å². The molecular formula is C18H30N4O2. The van der Waals surface area contributed by atoms with Gasteiger partial charge in [0.25, 0.3) is 0 Å². The monoisotopic (exact) mass is 334 g/mol. The van der Waals surface area contributed by atoms with Gasteiger partial charge in [-0.15, -0.1) is 0 Å². The van der Waals surface area contributed by atoms with Gasteiger partial charge in [0.1, 0.15) is 5.75 Å². The van der Waals surface area contributed by atoms with Crippen LogP contribution in [0.4, 0.5) is 0 Å². The average Bonchev–Trinajstić information content (AvgIpc) is 2.59. The molecule has 0 saturated carbocycles. The fraction of sp³-hybridized carbons (Fsp3) is 0.556. The van der Waals surface area contributed by atoms with Crippen LogP contribution in [0.25, 0.3) is 0 Å². The van der Waals surface area contributed by atoms with Gasteiger partial charge in [-0.3, -0.25) is 9.79 Å². The van der Waals surface area contributed by atoms with E-state index >= 15 is 0 Å².